The van der Waals surface area contributed by atoms with Crippen LogP contribution in [0.15, 0.2) is 23.4 Å². The SMILES string of the molecule is CCCOC(=O)c1cncc(S(=O)(=O)CCC)c1. The zero-order chi connectivity index (χ0) is 13.6. The molecule has 0 fully saturated rings. The Labute approximate surface area is 107 Å². The molecule has 1 rings (SSSR count). The Kier molecular flexibility index (Phi) is 5.27. The number of carbonyl (C=O) groups is 1. The Morgan fingerprint density at radius 2 is 2.00 bits per heavy atom. The third-order valence-electron chi connectivity index (χ3n) is 2.22. The Morgan fingerprint density at radius 3 is 2.61 bits per heavy atom. The summed E-state index contributed by atoms with van der Waals surface area (Å²) in [6.45, 7) is 3.97. The maximum atomic E-state index is 11.8. The molecule has 0 spiro atoms. The van der Waals surface area contributed by atoms with Crippen LogP contribution in [0.25, 0.3) is 0 Å². The van der Waals surface area contributed by atoms with E-state index < -0.39 is 15.8 Å². The molecule has 18 heavy (non-hydrogen) atoms. The van der Waals surface area contributed by atoms with Crippen LogP contribution in [0.2, 0.25) is 0 Å². The number of pyridine rings is 1. The van der Waals surface area contributed by atoms with Gasteiger partial charge < -0.3 is 4.74 Å². The first-order chi connectivity index (χ1) is 8.51. The van der Waals surface area contributed by atoms with E-state index in [1.165, 1.54) is 18.5 Å². The molecular formula is C12H17NO4S. The number of carbonyl (C=O) groups excluding carboxylic acids is 1. The summed E-state index contributed by atoms with van der Waals surface area (Å²) in [5.74, 6) is -0.500. The summed E-state index contributed by atoms with van der Waals surface area (Å²) in [5.41, 5.74) is 0.167. The molecule has 5 nitrogen and oxygen atoms in total. The zero-order valence-corrected chi connectivity index (χ0v) is 11.4. The summed E-state index contributed by atoms with van der Waals surface area (Å²) in [4.78, 5) is 15.4. The number of hydrogen-bond acceptors (Lipinski definition) is 5. The fourth-order valence-corrected chi connectivity index (χ4v) is 2.67. The van der Waals surface area contributed by atoms with Crippen LogP contribution >= 0.6 is 0 Å². The summed E-state index contributed by atoms with van der Waals surface area (Å²) in [7, 11) is -3.36. The lowest BCUT2D eigenvalue weighted by Crippen LogP contribution is -2.10. The summed E-state index contributed by atoms with van der Waals surface area (Å²) >= 11 is 0. The lowest BCUT2D eigenvalue weighted by Gasteiger charge is -2.05. The normalized spacial score (nSPS) is 11.2. The molecule has 0 aliphatic carbocycles. The van der Waals surface area contributed by atoms with Gasteiger partial charge in [0.25, 0.3) is 0 Å². The molecule has 1 aromatic rings. The first-order valence-electron chi connectivity index (χ1n) is 5.86. The molecule has 0 saturated carbocycles. The van der Waals surface area contributed by atoms with Crippen molar-refractivity contribution < 1.29 is 17.9 Å². The van der Waals surface area contributed by atoms with Crippen LogP contribution < -0.4 is 0 Å². The Bertz CT molecular complexity index is 511. The van der Waals surface area contributed by atoms with Gasteiger partial charge in [-0.2, -0.15) is 0 Å². The summed E-state index contributed by atoms with van der Waals surface area (Å²) in [6, 6.07) is 1.32. The maximum Gasteiger partial charge on any atom is 0.339 e. The monoisotopic (exact) mass is 271 g/mol. The molecule has 0 aliphatic heterocycles. The second-order valence-corrected chi connectivity index (χ2v) is 5.97. The van der Waals surface area contributed by atoms with Crippen molar-refractivity contribution in [3.05, 3.63) is 24.0 Å². The van der Waals surface area contributed by atoms with E-state index in [4.69, 9.17) is 4.74 Å². The quantitative estimate of drug-likeness (QED) is 0.738. The predicted octanol–water partition coefficient (Wildman–Crippen LogP) is 1.83. The van der Waals surface area contributed by atoms with Gasteiger partial charge in [-0.15, -0.1) is 0 Å². The van der Waals surface area contributed by atoms with Gasteiger partial charge in [0, 0.05) is 12.4 Å². The van der Waals surface area contributed by atoms with Gasteiger partial charge in [0.2, 0.25) is 0 Å². The zero-order valence-electron chi connectivity index (χ0n) is 10.5. The highest BCUT2D eigenvalue weighted by atomic mass is 32.2. The number of hydrogen-bond donors (Lipinski definition) is 0. The van der Waals surface area contributed by atoms with E-state index in [1.54, 1.807) is 6.92 Å². The second kappa shape index (κ2) is 6.49. The van der Waals surface area contributed by atoms with E-state index in [1.807, 2.05) is 6.92 Å². The van der Waals surface area contributed by atoms with E-state index in [2.05, 4.69) is 4.98 Å². The van der Waals surface area contributed by atoms with Crippen LogP contribution in [-0.4, -0.2) is 31.7 Å². The van der Waals surface area contributed by atoms with E-state index >= 15 is 0 Å². The standard InChI is InChI=1S/C12H17NO4S/c1-3-5-17-12(14)10-7-11(9-13-8-10)18(15,16)6-4-2/h7-9H,3-6H2,1-2H3. The molecule has 1 aromatic heterocycles. The molecule has 6 heteroatoms. The molecular weight excluding hydrogens is 254 g/mol. The molecule has 0 aliphatic rings. The highest BCUT2D eigenvalue weighted by molar-refractivity contribution is 7.91. The minimum atomic E-state index is -3.36. The molecule has 0 radical (unpaired) electrons. The van der Waals surface area contributed by atoms with Crippen LogP contribution in [-0.2, 0) is 14.6 Å². The van der Waals surface area contributed by atoms with Crippen molar-refractivity contribution in [1.29, 1.82) is 0 Å². The smallest absolute Gasteiger partial charge is 0.339 e. The molecule has 100 valence electrons. The molecule has 0 N–H and O–H groups in total. The minimum absolute atomic E-state index is 0.0438. The van der Waals surface area contributed by atoms with Crippen LogP contribution in [0.4, 0.5) is 0 Å². The van der Waals surface area contributed by atoms with Crippen LogP contribution in [0.3, 0.4) is 0 Å². The first kappa shape index (κ1) is 14.6. The highest BCUT2D eigenvalue weighted by Crippen LogP contribution is 2.13. The van der Waals surface area contributed by atoms with Gasteiger partial charge in [-0.25, -0.2) is 13.2 Å². The minimum Gasteiger partial charge on any atom is -0.462 e. The van der Waals surface area contributed by atoms with Gasteiger partial charge >= 0.3 is 5.97 Å². The fraction of sp³-hybridized carbons (Fsp3) is 0.500. The van der Waals surface area contributed by atoms with Crippen LogP contribution in [0.1, 0.15) is 37.0 Å². The van der Waals surface area contributed by atoms with E-state index in [0.717, 1.165) is 0 Å². The summed E-state index contributed by atoms with van der Waals surface area (Å²) < 4.78 is 28.6. The number of nitrogens with zero attached hydrogens (tertiary/aromatic N) is 1. The van der Waals surface area contributed by atoms with E-state index in [9.17, 15) is 13.2 Å². The first-order valence-corrected chi connectivity index (χ1v) is 7.51. The third kappa shape index (κ3) is 3.80. The number of aromatic nitrogens is 1. The molecule has 0 amide bonds. The molecule has 0 bridgehead atoms. The van der Waals surface area contributed by atoms with Crippen molar-refractivity contribution in [2.24, 2.45) is 0 Å². The molecule has 0 saturated heterocycles. The number of ether oxygens (including phenoxy) is 1. The van der Waals surface area contributed by atoms with Gasteiger partial charge in [0.1, 0.15) is 0 Å². The van der Waals surface area contributed by atoms with Gasteiger partial charge in [0.15, 0.2) is 9.84 Å². The average molecular weight is 271 g/mol. The summed E-state index contributed by atoms with van der Waals surface area (Å²) in [5, 5.41) is 0. The topological polar surface area (TPSA) is 73.3 Å². The van der Waals surface area contributed by atoms with Crippen molar-refractivity contribution in [2.45, 2.75) is 31.6 Å². The van der Waals surface area contributed by atoms with Gasteiger partial charge in [-0.05, 0) is 18.9 Å². The van der Waals surface area contributed by atoms with E-state index in [0.29, 0.717) is 19.4 Å². The van der Waals surface area contributed by atoms with Crippen molar-refractivity contribution in [3.63, 3.8) is 0 Å². The Hall–Kier alpha value is -1.43. The second-order valence-electron chi connectivity index (χ2n) is 3.86. The molecule has 0 aromatic carbocycles. The van der Waals surface area contributed by atoms with Gasteiger partial charge in [-0.3, -0.25) is 4.98 Å². The molecule has 0 atom stereocenters. The molecule has 0 unspecified atom stereocenters. The van der Waals surface area contributed by atoms with Gasteiger partial charge in [-0.1, -0.05) is 13.8 Å². The lowest BCUT2D eigenvalue weighted by atomic mass is 10.3. The number of sulfone groups is 1. The average Bonchev–Trinajstić information content (AvgIpc) is 2.36. The van der Waals surface area contributed by atoms with Crippen molar-refractivity contribution >= 4 is 15.8 Å². The third-order valence-corrected chi connectivity index (χ3v) is 4.11. The predicted molar refractivity (Wildman–Crippen MR) is 67.2 cm³/mol. The highest BCUT2D eigenvalue weighted by Gasteiger charge is 2.16. The van der Waals surface area contributed by atoms with Crippen molar-refractivity contribution in [1.82, 2.24) is 4.98 Å². The van der Waals surface area contributed by atoms with Gasteiger partial charge in [0.05, 0.1) is 22.8 Å². The Morgan fingerprint density at radius 1 is 1.28 bits per heavy atom. The fourth-order valence-electron chi connectivity index (χ4n) is 1.37. The van der Waals surface area contributed by atoms with Crippen molar-refractivity contribution in [2.75, 3.05) is 12.4 Å². The molecule has 1 heterocycles. The van der Waals surface area contributed by atoms with Crippen LogP contribution in [0.5, 0.6) is 0 Å². The largest absolute Gasteiger partial charge is 0.462 e. The lowest BCUT2D eigenvalue weighted by molar-refractivity contribution is 0.0504. The van der Waals surface area contributed by atoms with Crippen LogP contribution in [0, 0.1) is 0 Å². The number of esters is 1. The summed E-state index contributed by atoms with van der Waals surface area (Å²) in [6.07, 6.45) is 3.80. The van der Waals surface area contributed by atoms with Crippen molar-refractivity contribution in [3.8, 4) is 0 Å². The number of rotatable bonds is 6. The maximum absolute atomic E-state index is 11.8. The van der Waals surface area contributed by atoms with E-state index in [-0.39, 0.29) is 16.2 Å². The Balaban J connectivity index is 2.96.